The minimum Gasteiger partial charge on any atom is -0.352 e. The van der Waals surface area contributed by atoms with Gasteiger partial charge in [0.1, 0.15) is 5.82 Å². The topological polar surface area (TPSA) is 16.1 Å². The highest BCUT2D eigenvalue weighted by atomic mass is 15.2. The van der Waals surface area contributed by atoms with Gasteiger partial charge in [-0.2, -0.15) is 0 Å². The summed E-state index contributed by atoms with van der Waals surface area (Å²) < 4.78 is 0. The van der Waals surface area contributed by atoms with Crippen molar-refractivity contribution in [2.75, 3.05) is 11.4 Å². The molecular formula is C16H18N2. The molecule has 2 heterocycles. The molecule has 0 N–H and O–H groups in total. The lowest BCUT2D eigenvalue weighted by Crippen LogP contribution is -2.31. The predicted octanol–water partition coefficient (Wildman–Crippen LogP) is 3.26. The second kappa shape index (κ2) is 4.45. The number of hydrogen-bond donors (Lipinski definition) is 0. The van der Waals surface area contributed by atoms with Crippen LogP contribution in [0.15, 0.2) is 36.4 Å². The van der Waals surface area contributed by atoms with Crippen molar-refractivity contribution >= 4 is 5.82 Å². The molecule has 0 spiro atoms. The van der Waals surface area contributed by atoms with Gasteiger partial charge in [-0.05, 0) is 43.0 Å². The quantitative estimate of drug-likeness (QED) is 0.758. The Bertz CT molecular complexity index is 575. The summed E-state index contributed by atoms with van der Waals surface area (Å²) >= 11 is 0. The molecule has 3 rings (SSSR count). The van der Waals surface area contributed by atoms with Gasteiger partial charge in [0.2, 0.25) is 0 Å². The van der Waals surface area contributed by atoms with Crippen LogP contribution in [0.25, 0.3) is 0 Å². The molecule has 0 aliphatic carbocycles. The number of hydrogen-bond acceptors (Lipinski definition) is 2. The van der Waals surface area contributed by atoms with Gasteiger partial charge in [0.05, 0.1) is 0 Å². The lowest BCUT2D eigenvalue weighted by molar-refractivity contribution is 0.717. The molecule has 0 amide bonds. The van der Waals surface area contributed by atoms with E-state index in [0.717, 1.165) is 31.0 Å². The summed E-state index contributed by atoms with van der Waals surface area (Å²) in [5.74, 6) is 1.14. The Hall–Kier alpha value is -1.83. The van der Waals surface area contributed by atoms with Crippen LogP contribution in [0, 0.1) is 13.8 Å². The number of pyridine rings is 1. The van der Waals surface area contributed by atoms with Gasteiger partial charge in [-0.3, -0.25) is 0 Å². The van der Waals surface area contributed by atoms with Crippen molar-refractivity contribution in [3.8, 4) is 0 Å². The number of benzene rings is 1. The van der Waals surface area contributed by atoms with E-state index in [1.54, 1.807) is 0 Å². The number of aromatic nitrogens is 1. The fraction of sp³-hybridized carbons (Fsp3) is 0.312. The number of rotatable bonds is 1. The van der Waals surface area contributed by atoms with Crippen LogP contribution in [0.4, 0.5) is 5.82 Å². The highest BCUT2D eigenvalue weighted by molar-refractivity contribution is 5.50. The maximum Gasteiger partial charge on any atom is 0.132 e. The Morgan fingerprint density at radius 2 is 1.78 bits per heavy atom. The van der Waals surface area contributed by atoms with Crippen molar-refractivity contribution in [3.63, 3.8) is 0 Å². The summed E-state index contributed by atoms with van der Waals surface area (Å²) in [5, 5.41) is 0. The lowest BCUT2D eigenvalue weighted by atomic mass is 9.99. The minimum absolute atomic E-state index is 0.980. The monoisotopic (exact) mass is 238 g/mol. The number of anilines is 1. The zero-order valence-corrected chi connectivity index (χ0v) is 11.0. The highest BCUT2D eigenvalue weighted by Crippen LogP contribution is 2.25. The van der Waals surface area contributed by atoms with Crippen molar-refractivity contribution in [2.24, 2.45) is 0 Å². The maximum absolute atomic E-state index is 4.70. The summed E-state index contributed by atoms with van der Waals surface area (Å²) in [5.41, 5.74) is 5.28. The Labute approximate surface area is 108 Å². The smallest absolute Gasteiger partial charge is 0.132 e. The molecule has 0 unspecified atom stereocenters. The van der Waals surface area contributed by atoms with Crippen molar-refractivity contribution in [1.29, 1.82) is 0 Å². The van der Waals surface area contributed by atoms with E-state index >= 15 is 0 Å². The van der Waals surface area contributed by atoms with E-state index in [9.17, 15) is 0 Å². The molecule has 2 heteroatoms. The first-order chi connectivity index (χ1) is 8.74. The molecule has 1 aromatic heterocycles. The molecule has 92 valence electrons. The first-order valence-electron chi connectivity index (χ1n) is 6.50. The molecule has 1 aliphatic heterocycles. The zero-order valence-electron chi connectivity index (χ0n) is 11.0. The first-order valence-corrected chi connectivity index (χ1v) is 6.50. The van der Waals surface area contributed by atoms with E-state index < -0.39 is 0 Å². The average Bonchev–Trinajstić information content (AvgIpc) is 2.41. The van der Waals surface area contributed by atoms with E-state index in [2.05, 4.69) is 55.1 Å². The van der Waals surface area contributed by atoms with Gasteiger partial charge in [-0.1, -0.05) is 30.3 Å². The maximum atomic E-state index is 4.70. The standard InChI is InChI=1S/C16H18N2/c1-12-7-8-13(2)17-16(12)18-10-9-14-5-3-4-6-15(14)11-18/h3-8H,9-11H2,1-2H3. The Balaban J connectivity index is 1.94. The van der Waals surface area contributed by atoms with Crippen LogP contribution < -0.4 is 4.90 Å². The molecule has 1 aromatic carbocycles. The first kappa shape index (κ1) is 11.3. The Morgan fingerprint density at radius 1 is 1.00 bits per heavy atom. The summed E-state index contributed by atoms with van der Waals surface area (Å²) in [6.07, 6.45) is 1.12. The Kier molecular flexibility index (Phi) is 2.78. The third kappa shape index (κ3) is 1.99. The molecule has 2 nitrogen and oxygen atoms in total. The second-order valence-corrected chi connectivity index (χ2v) is 5.03. The van der Waals surface area contributed by atoms with E-state index in [1.165, 1.54) is 16.7 Å². The van der Waals surface area contributed by atoms with Gasteiger partial charge in [0, 0.05) is 18.8 Å². The average molecular weight is 238 g/mol. The second-order valence-electron chi connectivity index (χ2n) is 5.03. The molecule has 0 bridgehead atoms. The highest BCUT2D eigenvalue weighted by Gasteiger charge is 2.18. The predicted molar refractivity (Wildman–Crippen MR) is 74.9 cm³/mol. The van der Waals surface area contributed by atoms with Crippen molar-refractivity contribution < 1.29 is 0 Å². The van der Waals surface area contributed by atoms with E-state index in [1.807, 2.05) is 0 Å². The fourth-order valence-electron chi connectivity index (χ4n) is 2.61. The molecule has 1 aliphatic rings. The van der Waals surface area contributed by atoms with Gasteiger partial charge < -0.3 is 4.90 Å². The van der Waals surface area contributed by atoms with Gasteiger partial charge in [-0.15, -0.1) is 0 Å². The van der Waals surface area contributed by atoms with E-state index in [4.69, 9.17) is 4.98 Å². The minimum atomic E-state index is 0.980. The van der Waals surface area contributed by atoms with E-state index in [0.29, 0.717) is 0 Å². The van der Waals surface area contributed by atoms with Crippen LogP contribution in [-0.4, -0.2) is 11.5 Å². The van der Waals surface area contributed by atoms with Gasteiger partial charge in [-0.25, -0.2) is 4.98 Å². The van der Waals surface area contributed by atoms with Gasteiger partial charge in [0.15, 0.2) is 0 Å². The number of fused-ring (bicyclic) bond motifs is 1. The zero-order chi connectivity index (χ0) is 12.5. The van der Waals surface area contributed by atoms with Crippen LogP contribution >= 0.6 is 0 Å². The molecule has 0 fully saturated rings. The molecule has 0 saturated carbocycles. The van der Waals surface area contributed by atoms with Crippen LogP contribution in [0.2, 0.25) is 0 Å². The summed E-state index contributed by atoms with van der Waals surface area (Å²) in [4.78, 5) is 7.09. The van der Waals surface area contributed by atoms with Crippen molar-refractivity contribution in [3.05, 3.63) is 58.8 Å². The summed E-state index contributed by atoms with van der Waals surface area (Å²) in [6.45, 7) is 6.24. The molecule has 18 heavy (non-hydrogen) atoms. The molecule has 0 radical (unpaired) electrons. The fourth-order valence-corrected chi connectivity index (χ4v) is 2.61. The summed E-state index contributed by atoms with van der Waals surface area (Å²) in [7, 11) is 0. The third-order valence-corrected chi connectivity index (χ3v) is 3.64. The number of aryl methyl sites for hydroxylation is 2. The number of nitrogens with zero attached hydrogens (tertiary/aromatic N) is 2. The Morgan fingerprint density at radius 3 is 2.61 bits per heavy atom. The van der Waals surface area contributed by atoms with Crippen LogP contribution in [0.1, 0.15) is 22.4 Å². The molecule has 0 saturated heterocycles. The molecular weight excluding hydrogens is 220 g/mol. The van der Waals surface area contributed by atoms with E-state index in [-0.39, 0.29) is 0 Å². The molecule has 2 aromatic rings. The van der Waals surface area contributed by atoms with Gasteiger partial charge >= 0.3 is 0 Å². The van der Waals surface area contributed by atoms with Crippen molar-refractivity contribution in [2.45, 2.75) is 26.8 Å². The summed E-state index contributed by atoms with van der Waals surface area (Å²) in [6, 6.07) is 13.0. The van der Waals surface area contributed by atoms with Gasteiger partial charge in [0.25, 0.3) is 0 Å². The SMILES string of the molecule is Cc1ccc(C)c(N2CCc3ccccc3C2)n1. The normalized spacial score (nSPS) is 14.4. The van der Waals surface area contributed by atoms with Crippen LogP contribution in [0.5, 0.6) is 0 Å². The van der Waals surface area contributed by atoms with Crippen molar-refractivity contribution in [1.82, 2.24) is 4.98 Å². The van der Waals surface area contributed by atoms with Crippen LogP contribution in [0.3, 0.4) is 0 Å². The van der Waals surface area contributed by atoms with Crippen LogP contribution in [-0.2, 0) is 13.0 Å². The third-order valence-electron chi connectivity index (χ3n) is 3.64. The lowest BCUT2D eigenvalue weighted by Gasteiger charge is -2.31. The largest absolute Gasteiger partial charge is 0.352 e. The molecule has 0 atom stereocenters.